The molecule has 2 fully saturated rings. The van der Waals surface area contributed by atoms with Gasteiger partial charge >= 0.3 is 11.9 Å². The maximum atomic E-state index is 12.1. The Bertz CT molecular complexity index is 1050. The van der Waals surface area contributed by atoms with Gasteiger partial charge in [-0.05, 0) is 43.3 Å². The van der Waals surface area contributed by atoms with Crippen LogP contribution in [0.5, 0.6) is 5.75 Å². The number of furan rings is 1. The number of ether oxygens (including phenoxy) is 6. The summed E-state index contributed by atoms with van der Waals surface area (Å²) in [5, 5.41) is 12.2. The molecule has 1 aromatic carbocycles. The van der Waals surface area contributed by atoms with Crippen molar-refractivity contribution in [3.8, 4) is 5.75 Å². The van der Waals surface area contributed by atoms with Crippen molar-refractivity contribution in [2.24, 2.45) is 0 Å². The number of carboxylic acids is 1. The Morgan fingerprint density at radius 2 is 1.89 bits per heavy atom. The highest BCUT2D eigenvalue weighted by Crippen LogP contribution is 2.36. The molecule has 4 rings (SSSR count). The van der Waals surface area contributed by atoms with Crippen LogP contribution in [0, 0.1) is 0 Å². The highest BCUT2D eigenvalue weighted by atomic mass is 16.8. The topological polar surface area (TPSA) is 152 Å². The number of carboxylic acid groups (broad SMARTS) is 1. The summed E-state index contributed by atoms with van der Waals surface area (Å²) in [7, 11) is 1.28. The van der Waals surface area contributed by atoms with Gasteiger partial charge in [0.05, 0.1) is 25.5 Å². The van der Waals surface area contributed by atoms with Gasteiger partial charge in [-0.3, -0.25) is 4.79 Å². The first-order chi connectivity index (χ1) is 17.3. The fourth-order valence-corrected chi connectivity index (χ4v) is 4.01. The van der Waals surface area contributed by atoms with Crippen molar-refractivity contribution in [1.82, 2.24) is 5.32 Å². The van der Waals surface area contributed by atoms with Crippen LogP contribution >= 0.6 is 0 Å². The number of amides is 1. The minimum absolute atomic E-state index is 0.0608. The van der Waals surface area contributed by atoms with Gasteiger partial charge < -0.3 is 43.3 Å². The predicted molar refractivity (Wildman–Crippen MR) is 119 cm³/mol. The van der Waals surface area contributed by atoms with E-state index in [0.717, 1.165) is 0 Å². The van der Waals surface area contributed by atoms with Crippen molar-refractivity contribution < 1.29 is 52.3 Å². The first-order valence-electron chi connectivity index (χ1n) is 11.2. The van der Waals surface area contributed by atoms with E-state index in [-0.39, 0.29) is 6.61 Å². The third-order valence-electron chi connectivity index (χ3n) is 5.72. The average molecular weight is 505 g/mol. The van der Waals surface area contributed by atoms with Gasteiger partial charge in [0, 0.05) is 6.92 Å². The first kappa shape index (κ1) is 25.6. The molecule has 12 heteroatoms. The Morgan fingerprint density at radius 1 is 1.14 bits per heavy atom. The van der Waals surface area contributed by atoms with Crippen molar-refractivity contribution in [1.29, 1.82) is 0 Å². The zero-order valence-corrected chi connectivity index (χ0v) is 19.8. The van der Waals surface area contributed by atoms with Crippen LogP contribution in [-0.4, -0.2) is 73.4 Å². The molecule has 0 saturated carbocycles. The molecule has 3 heterocycles. The molecule has 7 unspecified atom stereocenters. The van der Waals surface area contributed by atoms with Crippen LogP contribution in [-0.2, 0) is 33.3 Å². The van der Waals surface area contributed by atoms with Gasteiger partial charge in [0.1, 0.15) is 30.1 Å². The molecular formula is C24H27NO11. The van der Waals surface area contributed by atoms with Gasteiger partial charge in [0.25, 0.3) is 0 Å². The first-order valence-corrected chi connectivity index (χ1v) is 11.2. The number of nitrogens with one attached hydrogen (secondary N) is 1. The molecule has 2 N–H and O–H groups in total. The minimum atomic E-state index is -1.22. The van der Waals surface area contributed by atoms with E-state index in [1.165, 1.54) is 39.4 Å². The van der Waals surface area contributed by atoms with Crippen molar-refractivity contribution in [3.63, 3.8) is 0 Å². The molecule has 1 amide bonds. The Morgan fingerprint density at radius 3 is 2.50 bits per heavy atom. The summed E-state index contributed by atoms with van der Waals surface area (Å²) < 4.78 is 39.9. The van der Waals surface area contributed by atoms with Crippen LogP contribution in [0.2, 0.25) is 0 Å². The number of esters is 1. The number of fused-ring (bicyclic) bond motifs is 1. The van der Waals surface area contributed by atoms with E-state index in [4.69, 9.17) is 32.8 Å². The lowest BCUT2D eigenvalue weighted by Crippen LogP contribution is -2.68. The van der Waals surface area contributed by atoms with Crippen molar-refractivity contribution in [2.45, 2.75) is 56.9 Å². The quantitative estimate of drug-likeness (QED) is 0.504. The van der Waals surface area contributed by atoms with Crippen LogP contribution in [0.3, 0.4) is 0 Å². The second-order valence-corrected chi connectivity index (χ2v) is 8.27. The molecular weight excluding hydrogens is 478 g/mol. The van der Waals surface area contributed by atoms with Gasteiger partial charge in [-0.1, -0.05) is 0 Å². The number of carbonyl (C=O) groups excluding carboxylic acids is 2. The fourth-order valence-electron chi connectivity index (χ4n) is 4.01. The number of hydrogen-bond donors (Lipinski definition) is 2. The molecule has 36 heavy (non-hydrogen) atoms. The minimum Gasteiger partial charge on any atom is -0.479 e. The molecule has 12 nitrogen and oxygen atoms in total. The van der Waals surface area contributed by atoms with Crippen LogP contribution in [0.1, 0.15) is 36.3 Å². The summed E-state index contributed by atoms with van der Waals surface area (Å²) >= 11 is 0. The lowest BCUT2D eigenvalue weighted by molar-refractivity contribution is -0.343. The molecule has 7 atom stereocenters. The monoisotopic (exact) mass is 505 g/mol. The number of rotatable bonds is 8. The highest BCUT2D eigenvalue weighted by Gasteiger charge is 2.53. The van der Waals surface area contributed by atoms with Gasteiger partial charge in [0.2, 0.25) is 18.5 Å². The highest BCUT2D eigenvalue weighted by molar-refractivity contribution is 5.89. The number of aliphatic carboxylic acids is 1. The lowest BCUT2D eigenvalue weighted by Gasteiger charge is -2.49. The SMILES string of the molecule is COC(=O)c1ccc(OC2OC3COC(c4ccco4)OC3C(OC(C)C(=O)O)C2NC(C)=O)cc1. The standard InChI is InChI=1S/C24H27NO11/c1-12(21(27)28)33-20-18(25-13(2)26)24(34-15-8-6-14(7-9-15)22(29)30-3)35-17-11-32-23(36-19(17)20)16-5-4-10-31-16/h4-10,12,17-20,23-24H,11H2,1-3H3,(H,25,26)(H,27,28). The summed E-state index contributed by atoms with van der Waals surface area (Å²) in [4.78, 5) is 35.4. The van der Waals surface area contributed by atoms with Crippen LogP contribution in [0.25, 0.3) is 0 Å². The Hall–Kier alpha value is -3.45. The molecule has 0 bridgehead atoms. The van der Waals surface area contributed by atoms with Gasteiger partial charge in [0.15, 0.2) is 11.9 Å². The number of benzene rings is 1. The zero-order chi connectivity index (χ0) is 25.8. The fraction of sp³-hybridized carbons (Fsp3) is 0.458. The molecule has 194 valence electrons. The van der Waals surface area contributed by atoms with Crippen LogP contribution in [0.15, 0.2) is 47.1 Å². The molecule has 0 spiro atoms. The predicted octanol–water partition coefficient (Wildman–Crippen LogP) is 1.65. The zero-order valence-electron chi connectivity index (χ0n) is 19.8. The van der Waals surface area contributed by atoms with Gasteiger partial charge in [-0.15, -0.1) is 0 Å². The maximum absolute atomic E-state index is 12.1. The van der Waals surface area contributed by atoms with Crippen molar-refractivity contribution in [2.75, 3.05) is 13.7 Å². The molecule has 2 aromatic rings. The summed E-state index contributed by atoms with van der Waals surface area (Å²) in [6.07, 6.45) is -4.25. The Labute approximate surface area is 206 Å². The maximum Gasteiger partial charge on any atom is 0.337 e. The summed E-state index contributed by atoms with van der Waals surface area (Å²) in [6.45, 7) is 2.75. The largest absolute Gasteiger partial charge is 0.479 e. The van der Waals surface area contributed by atoms with Crippen LogP contribution < -0.4 is 10.1 Å². The molecule has 0 radical (unpaired) electrons. The number of carbonyl (C=O) groups is 3. The average Bonchev–Trinajstić information content (AvgIpc) is 3.40. The number of methoxy groups -OCH3 is 1. The molecule has 1 aromatic heterocycles. The number of hydrogen-bond acceptors (Lipinski definition) is 10. The van der Waals surface area contributed by atoms with E-state index in [9.17, 15) is 19.5 Å². The molecule has 2 saturated heterocycles. The van der Waals surface area contributed by atoms with E-state index < -0.39 is 60.9 Å². The van der Waals surface area contributed by atoms with E-state index in [2.05, 4.69) is 5.32 Å². The normalized spacial score (nSPS) is 28.4. The second kappa shape index (κ2) is 11.1. The smallest absolute Gasteiger partial charge is 0.337 e. The van der Waals surface area contributed by atoms with E-state index >= 15 is 0 Å². The van der Waals surface area contributed by atoms with E-state index in [1.807, 2.05) is 0 Å². The Kier molecular flexibility index (Phi) is 7.89. The van der Waals surface area contributed by atoms with Crippen molar-refractivity contribution in [3.05, 3.63) is 54.0 Å². The summed E-state index contributed by atoms with van der Waals surface area (Å²) in [6, 6.07) is 8.53. The van der Waals surface area contributed by atoms with Gasteiger partial charge in [-0.25, -0.2) is 9.59 Å². The van der Waals surface area contributed by atoms with Gasteiger partial charge in [-0.2, -0.15) is 0 Å². The molecule has 0 aliphatic carbocycles. The third kappa shape index (κ3) is 5.68. The van der Waals surface area contributed by atoms with E-state index in [1.54, 1.807) is 24.3 Å². The lowest BCUT2D eigenvalue weighted by atomic mass is 9.95. The molecule has 2 aliphatic rings. The Balaban J connectivity index is 1.62. The second-order valence-electron chi connectivity index (χ2n) is 8.27. The summed E-state index contributed by atoms with van der Waals surface area (Å²) in [5.74, 6) is -1.36. The molecule has 2 aliphatic heterocycles. The summed E-state index contributed by atoms with van der Waals surface area (Å²) in [5.41, 5.74) is 0.322. The van der Waals surface area contributed by atoms with Crippen LogP contribution in [0.4, 0.5) is 0 Å². The van der Waals surface area contributed by atoms with Crippen molar-refractivity contribution >= 4 is 17.8 Å². The third-order valence-corrected chi connectivity index (χ3v) is 5.72. The van der Waals surface area contributed by atoms with E-state index in [0.29, 0.717) is 17.1 Å².